The molecule has 2 unspecified atom stereocenters. The molecule has 20 heavy (non-hydrogen) atoms. The van der Waals surface area contributed by atoms with Crippen molar-refractivity contribution in [2.24, 2.45) is 5.92 Å². The van der Waals surface area contributed by atoms with Gasteiger partial charge in [0.2, 0.25) is 17.2 Å². The number of piperidine rings is 1. The lowest BCUT2D eigenvalue weighted by molar-refractivity contribution is 0.566. The molecule has 0 bridgehead atoms. The molecule has 0 radical (unpaired) electrons. The highest BCUT2D eigenvalue weighted by Crippen LogP contribution is 2.28. The number of nitrogens with zero attached hydrogens (tertiary/aromatic N) is 5. The maximum atomic E-state index is 6.12. The van der Waals surface area contributed by atoms with Crippen LogP contribution in [0.5, 0.6) is 0 Å². The van der Waals surface area contributed by atoms with Crippen LogP contribution in [0.15, 0.2) is 0 Å². The average Bonchev–Trinajstić information content (AvgIpc) is 2.78. The molecule has 2 aliphatic heterocycles. The summed E-state index contributed by atoms with van der Waals surface area (Å²) in [5.41, 5.74) is 0. The maximum absolute atomic E-state index is 6.12. The molecule has 0 saturated carbocycles. The van der Waals surface area contributed by atoms with Crippen LogP contribution in [0.3, 0.4) is 0 Å². The number of hydrogen-bond donors (Lipinski definition) is 0. The quantitative estimate of drug-likeness (QED) is 0.839. The molecule has 3 heterocycles. The molecule has 110 valence electrons. The molecule has 2 fully saturated rings. The molecular weight excluding hydrogens is 274 g/mol. The van der Waals surface area contributed by atoms with Crippen molar-refractivity contribution in [3.63, 3.8) is 0 Å². The molecule has 5 nitrogen and oxygen atoms in total. The van der Waals surface area contributed by atoms with Gasteiger partial charge in [-0.2, -0.15) is 15.0 Å². The number of hydrogen-bond acceptors (Lipinski definition) is 5. The summed E-state index contributed by atoms with van der Waals surface area (Å²) in [7, 11) is 0. The van der Waals surface area contributed by atoms with Gasteiger partial charge in [-0.05, 0) is 50.1 Å². The van der Waals surface area contributed by atoms with Crippen LogP contribution >= 0.6 is 11.6 Å². The molecule has 2 atom stereocenters. The Morgan fingerprint density at radius 1 is 1.00 bits per heavy atom. The fourth-order valence-corrected chi connectivity index (χ4v) is 3.42. The molecule has 2 aliphatic rings. The Labute approximate surface area is 125 Å². The topological polar surface area (TPSA) is 45.2 Å². The van der Waals surface area contributed by atoms with E-state index >= 15 is 0 Å². The fourth-order valence-electron chi connectivity index (χ4n) is 3.27. The van der Waals surface area contributed by atoms with E-state index < -0.39 is 0 Å². The maximum Gasteiger partial charge on any atom is 0.231 e. The number of rotatable bonds is 2. The summed E-state index contributed by atoms with van der Waals surface area (Å²) in [5, 5.41) is 0.308. The highest BCUT2D eigenvalue weighted by atomic mass is 35.5. The SMILES string of the molecule is CC1CC(C)N(c2nc(Cl)nc(N3CCCCC3)n2)C1. The summed E-state index contributed by atoms with van der Waals surface area (Å²) in [6.07, 6.45) is 4.89. The molecule has 3 rings (SSSR count). The van der Waals surface area contributed by atoms with E-state index in [9.17, 15) is 0 Å². The van der Waals surface area contributed by atoms with E-state index in [2.05, 4.69) is 38.6 Å². The number of aromatic nitrogens is 3. The molecule has 0 aromatic carbocycles. The molecule has 0 amide bonds. The lowest BCUT2D eigenvalue weighted by atomic mass is 10.1. The zero-order chi connectivity index (χ0) is 14.1. The van der Waals surface area contributed by atoms with Crippen LogP contribution in [0, 0.1) is 5.92 Å². The van der Waals surface area contributed by atoms with Crippen LogP contribution in [-0.4, -0.2) is 40.6 Å². The first kappa shape index (κ1) is 13.9. The van der Waals surface area contributed by atoms with Crippen molar-refractivity contribution in [1.82, 2.24) is 15.0 Å². The second-order valence-electron chi connectivity index (χ2n) is 6.09. The Morgan fingerprint density at radius 3 is 2.35 bits per heavy atom. The lowest BCUT2D eigenvalue weighted by Gasteiger charge is -2.28. The highest BCUT2D eigenvalue weighted by Gasteiger charge is 2.29. The van der Waals surface area contributed by atoms with Gasteiger partial charge >= 0.3 is 0 Å². The predicted molar refractivity (Wildman–Crippen MR) is 81.5 cm³/mol. The van der Waals surface area contributed by atoms with E-state index in [4.69, 9.17) is 11.6 Å². The van der Waals surface area contributed by atoms with Crippen molar-refractivity contribution in [3.05, 3.63) is 5.28 Å². The van der Waals surface area contributed by atoms with Crippen molar-refractivity contribution in [3.8, 4) is 0 Å². The molecular formula is C14H22ClN5. The Morgan fingerprint density at radius 2 is 1.70 bits per heavy atom. The van der Waals surface area contributed by atoms with Gasteiger partial charge < -0.3 is 9.80 Å². The van der Waals surface area contributed by atoms with Crippen molar-refractivity contribution in [1.29, 1.82) is 0 Å². The van der Waals surface area contributed by atoms with Crippen LogP contribution in [-0.2, 0) is 0 Å². The molecule has 1 aromatic rings. The Balaban J connectivity index is 1.86. The minimum Gasteiger partial charge on any atom is -0.341 e. The number of halogens is 1. The van der Waals surface area contributed by atoms with Gasteiger partial charge in [0, 0.05) is 25.7 Å². The summed E-state index contributed by atoms with van der Waals surface area (Å²) in [4.78, 5) is 17.8. The first-order valence-corrected chi connectivity index (χ1v) is 7.94. The summed E-state index contributed by atoms with van der Waals surface area (Å²) in [5.74, 6) is 2.16. The standard InChI is InChI=1S/C14H22ClN5/c1-10-8-11(2)20(9-10)14-17-12(15)16-13(18-14)19-6-4-3-5-7-19/h10-11H,3-9H2,1-2H3. The van der Waals surface area contributed by atoms with E-state index in [1.165, 1.54) is 25.7 Å². The van der Waals surface area contributed by atoms with Crippen molar-refractivity contribution >= 4 is 23.5 Å². The first-order chi connectivity index (χ1) is 9.63. The first-order valence-electron chi connectivity index (χ1n) is 7.56. The van der Waals surface area contributed by atoms with Gasteiger partial charge in [-0.15, -0.1) is 0 Å². The molecule has 6 heteroatoms. The summed E-state index contributed by atoms with van der Waals surface area (Å²) in [6.45, 7) is 7.53. The van der Waals surface area contributed by atoms with Crippen LogP contribution in [0.25, 0.3) is 0 Å². The molecule has 2 saturated heterocycles. The van der Waals surface area contributed by atoms with Gasteiger partial charge in [0.25, 0.3) is 0 Å². The normalized spacial score (nSPS) is 27.1. The smallest absolute Gasteiger partial charge is 0.231 e. The van der Waals surface area contributed by atoms with E-state index in [0.29, 0.717) is 17.2 Å². The third kappa shape index (κ3) is 2.82. The van der Waals surface area contributed by atoms with Crippen LogP contribution < -0.4 is 9.80 Å². The predicted octanol–water partition coefficient (Wildman–Crippen LogP) is 2.75. The summed E-state index contributed by atoms with van der Waals surface area (Å²) in [6, 6.07) is 0.470. The zero-order valence-electron chi connectivity index (χ0n) is 12.2. The van der Waals surface area contributed by atoms with Crippen molar-refractivity contribution < 1.29 is 0 Å². The van der Waals surface area contributed by atoms with Crippen molar-refractivity contribution in [2.45, 2.75) is 45.6 Å². The van der Waals surface area contributed by atoms with Gasteiger partial charge in [-0.3, -0.25) is 0 Å². The fraction of sp³-hybridized carbons (Fsp3) is 0.786. The monoisotopic (exact) mass is 295 g/mol. The third-order valence-corrected chi connectivity index (χ3v) is 4.43. The minimum absolute atomic E-state index is 0.308. The Kier molecular flexibility index (Phi) is 3.96. The van der Waals surface area contributed by atoms with E-state index in [-0.39, 0.29) is 0 Å². The number of anilines is 2. The third-order valence-electron chi connectivity index (χ3n) is 4.26. The average molecular weight is 296 g/mol. The van der Waals surface area contributed by atoms with Gasteiger partial charge in [0.15, 0.2) is 0 Å². The van der Waals surface area contributed by atoms with Crippen molar-refractivity contribution in [2.75, 3.05) is 29.4 Å². The van der Waals surface area contributed by atoms with E-state index in [0.717, 1.165) is 31.5 Å². The van der Waals surface area contributed by atoms with Crippen LogP contribution in [0.4, 0.5) is 11.9 Å². The molecule has 0 aliphatic carbocycles. The molecule has 0 spiro atoms. The van der Waals surface area contributed by atoms with Gasteiger partial charge in [0.1, 0.15) is 0 Å². The Hall–Kier alpha value is -1.10. The van der Waals surface area contributed by atoms with E-state index in [1.807, 2.05) is 0 Å². The lowest BCUT2D eigenvalue weighted by Crippen LogP contribution is -2.33. The van der Waals surface area contributed by atoms with Gasteiger partial charge in [-0.1, -0.05) is 6.92 Å². The van der Waals surface area contributed by atoms with E-state index in [1.54, 1.807) is 0 Å². The van der Waals surface area contributed by atoms with Crippen LogP contribution in [0.2, 0.25) is 5.28 Å². The highest BCUT2D eigenvalue weighted by molar-refractivity contribution is 6.28. The molecule has 0 N–H and O–H groups in total. The van der Waals surface area contributed by atoms with Gasteiger partial charge in [-0.25, -0.2) is 0 Å². The molecule has 1 aromatic heterocycles. The van der Waals surface area contributed by atoms with Crippen LogP contribution in [0.1, 0.15) is 39.5 Å². The summed E-state index contributed by atoms with van der Waals surface area (Å²) >= 11 is 6.12. The van der Waals surface area contributed by atoms with Gasteiger partial charge in [0.05, 0.1) is 0 Å². The Bertz CT molecular complexity index is 475. The minimum atomic E-state index is 0.308. The largest absolute Gasteiger partial charge is 0.341 e. The summed E-state index contributed by atoms with van der Waals surface area (Å²) < 4.78 is 0. The second kappa shape index (κ2) is 5.72. The zero-order valence-corrected chi connectivity index (χ0v) is 13.0. The second-order valence-corrected chi connectivity index (χ2v) is 6.43.